The van der Waals surface area contributed by atoms with E-state index in [4.69, 9.17) is 4.74 Å². The summed E-state index contributed by atoms with van der Waals surface area (Å²) in [5.41, 5.74) is 3.09. The summed E-state index contributed by atoms with van der Waals surface area (Å²) < 4.78 is 6.72. The van der Waals surface area contributed by atoms with Crippen LogP contribution in [0.15, 0.2) is 91.0 Å². The number of ether oxygens (including phenoxy) is 1. The number of benzene rings is 3. The van der Waals surface area contributed by atoms with Gasteiger partial charge in [0.15, 0.2) is 0 Å². The predicted molar refractivity (Wildman–Crippen MR) is 112 cm³/mol. The molecule has 3 aromatic carbocycles. The maximum absolute atomic E-state index is 13.5. The first-order chi connectivity index (χ1) is 13.7. The van der Waals surface area contributed by atoms with Gasteiger partial charge >= 0.3 is 173 Å². The molecule has 4 heteroatoms. The molecule has 3 nitrogen and oxygen atoms in total. The van der Waals surface area contributed by atoms with Gasteiger partial charge in [0.25, 0.3) is 0 Å². The first-order valence-electron chi connectivity index (χ1n) is 9.35. The van der Waals surface area contributed by atoms with Crippen molar-refractivity contribution in [2.75, 3.05) is 0 Å². The number of hydrogen-bond donors (Lipinski definition) is 0. The molecule has 3 aromatic rings. The van der Waals surface area contributed by atoms with Crippen LogP contribution in [0.5, 0.6) is 0 Å². The van der Waals surface area contributed by atoms with E-state index in [0.29, 0.717) is 4.73 Å². The van der Waals surface area contributed by atoms with Crippen molar-refractivity contribution in [3.8, 4) is 0 Å². The van der Waals surface area contributed by atoms with Crippen LogP contribution in [0.2, 0.25) is 0 Å². The zero-order valence-electron chi connectivity index (χ0n) is 15.6. The van der Waals surface area contributed by atoms with Crippen molar-refractivity contribution >= 4 is 26.2 Å². The second-order valence-electron chi connectivity index (χ2n) is 6.91. The fourth-order valence-corrected chi connectivity index (χ4v) is 4.31. The third-order valence-electron chi connectivity index (χ3n) is 5.17. The van der Waals surface area contributed by atoms with Crippen molar-refractivity contribution in [3.63, 3.8) is 0 Å². The van der Waals surface area contributed by atoms with Gasteiger partial charge in [0, 0.05) is 0 Å². The van der Waals surface area contributed by atoms with E-state index in [1.807, 2.05) is 85.8 Å². The van der Waals surface area contributed by atoms with E-state index in [-0.39, 0.29) is 24.0 Å². The quantitative estimate of drug-likeness (QED) is 0.571. The zero-order chi connectivity index (χ0) is 19.5. The molecule has 0 aromatic heterocycles. The second-order valence-corrected chi connectivity index (χ2v) is 7.64. The van der Waals surface area contributed by atoms with Crippen LogP contribution >= 0.6 is 0 Å². The maximum atomic E-state index is 13.5. The molecule has 0 saturated carbocycles. The molecule has 1 heterocycles. The van der Waals surface area contributed by atoms with E-state index in [2.05, 4.69) is 27.7 Å². The molecule has 1 aliphatic heterocycles. The number of rotatable bonds is 4. The van der Waals surface area contributed by atoms with Crippen molar-refractivity contribution in [2.45, 2.75) is 25.0 Å². The topological polar surface area (TPSA) is 29.5 Å². The molecular formula is C24H21NO2Se. The van der Waals surface area contributed by atoms with Gasteiger partial charge in [-0.3, -0.25) is 0 Å². The van der Waals surface area contributed by atoms with E-state index in [9.17, 15) is 4.79 Å². The number of carbonyl (C=O) groups is 1. The molecule has 0 spiro atoms. The van der Waals surface area contributed by atoms with Gasteiger partial charge in [0.2, 0.25) is 0 Å². The van der Waals surface area contributed by atoms with E-state index in [1.165, 1.54) is 0 Å². The summed E-state index contributed by atoms with van der Waals surface area (Å²) in [6.07, 6.45) is -0.258. The average Bonchev–Trinajstić information content (AvgIpc) is 3.11. The van der Waals surface area contributed by atoms with Gasteiger partial charge in [-0.2, -0.15) is 0 Å². The fraction of sp³-hybridized carbons (Fsp3) is 0.167. The molecular weight excluding hydrogens is 413 g/mol. The van der Waals surface area contributed by atoms with Gasteiger partial charge in [0.1, 0.15) is 0 Å². The van der Waals surface area contributed by atoms with Crippen LogP contribution in [0.1, 0.15) is 41.7 Å². The van der Waals surface area contributed by atoms with Crippen LogP contribution in [0, 0.1) is 0 Å². The van der Waals surface area contributed by atoms with Crippen LogP contribution in [0.3, 0.4) is 0 Å². The monoisotopic (exact) mass is 435 g/mol. The minimum atomic E-state index is -0.270. The summed E-state index contributed by atoms with van der Waals surface area (Å²) in [5, 5.41) is 0. The van der Waals surface area contributed by atoms with Gasteiger partial charge in [-0.05, 0) is 0 Å². The van der Waals surface area contributed by atoms with Gasteiger partial charge in [-0.25, -0.2) is 0 Å². The fourth-order valence-electron chi connectivity index (χ4n) is 3.67. The van der Waals surface area contributed by atoms with Gasteiger partial charge in [-0.15, -0.1) is 0 Å². The van der Waals surface area contributed by atoms with Gasteiger partial charge in [0.05, 0.1) is 0 Å². The Labute approximate surface area is 173 Å². The van der Waals surface area contributed by atoms with Crippen molar-refractivity contribution in [3.05, 3.63) is 108 Å². The molecule has 4 rings (SSSR count). The van der Waals surface area contributed by atoms with Gasteiger partial charge < -0.3 is 0 Å². The first kappa shape index (κ1) is 18.7. The molecule has 140 valence electrons. The number of hydrogen-bond acceptors (Lipinski definition) is 2. The number of carbonyl (C=O) groups excluding carboxylic acids is 1. The summed E-state index contributed by atoms with van der Waals surface area (Å²) in [6.45, 7) is 1.95. The summed E-state index contributed by atoms with van der Waals surface area (Å²) in [7, 11) is 0. The summed E-state index contributed by atoms with van der Waals surface area (Å²) >= 11 is 2.98. The van der Waals surface area contributed by atoms with Crippen LogP contribution in [0.4, 0.5) is 0 Å². The molecule has 0 unspecified atom stereocenters. The molecule has 0 radical (unpaired) electrons. The third-order valence-corrected chi connectivity index (χ3v) is 5.78. The number of amides is 1. The first-order valence-corrected chi connectivity index (χ1v) is 10.2. The Balaban J connectivity index is 1.74. The average molecular weight is 434 g/mol. The molecule has 0 bridgehead atoms. The van der Waals surface area contributed by atoms with Crippen LogP contribution in [0.25, 0.3) is 0 Å². The van der Waals surface area contributed by atoms with E-state index in [1.54, 1.807) is 4.90 Å². The molecule has 28 heavy (non-hydrogen) atoms. The second kappa shape index (κ2) is 8.14. The van der Waals surface area contributed by atoms with E-state index in [0.717, 1.165) is 16.7 Å². The Morgan fingerprint density at radius 1 is 0.857 bits per heavy atom. The Bertz CT molecular complexity index is 960. The van der Waals surface area contributed by atoms with E-state index >= 15 is 0 Å². The Kier molecular flexibility index (Phi) is 5.42. The SMILES string of the molecule is C[C@@H](C(=O)N1C(=[Se])O[C@H](c2ccccc2)[C@@H]1c1ccccc1)c1ccccc1. The molecule has 1 amide bonds. The molecule has 3 atom stereocenters. The summed E-state index contributed by atoms with van der Waals surface area (Å²) in [6, 6.07) is 29.8. The van der Waals surface area contributed by atoms with Crippen LogP contribution in [-0.4, -0.2) is 31.1 Å². The molecule has 1 saturated heterocycles. The number of nitrogens with zero attached hydrogens (tertiary/aromatic N) is 1. The molecule has 0 aliphatic carbocycles. The van der Waals surface area contributed by atoms with Crippen LogP contribution < -0.4 is 0 Å². The zero-order valence-corrected chi connectivity index (χ0v) is 17.3. The third kappa shape index (κ3) is 3.54. The van der Waals surface area contributed by atoms with Crippen molar-refractivity contribution in [2.24, 2.45) is 0 Å². The van der Waals surface area contributed by atoms with Crippen molar-refractivity contribution < 1.29 is 9.53 Å². The summed E-state index contributed by atoms with van der Waals surface area (Å²) in [5.74, 6) is -0.249. The van der Waals surface area contributed by atoms with Crippen molar-refractivity contribution in [1.82, 2.24) is 4.90 Å². The normalized spacial score (nSPS) is 19.9. The van der Waals surface area contributed by atoms with Crippen LogP contribution in [-0.2, 0) is 9.53 Å². The Morgan fingerprint density at radius 2 is 1.36 bits per heavy atom. The van der Waals surface area contributed by atoms with E-state index < -0.39 is 0 Å². The summed E-state index contributed by atoms with van der Waals surface area (Å²) in [4.78, 5) is 15.3. The molecule has 0 N–H and O–H groups in total. The predicted octanol–water partition coefficient (Wildman–Crippen LogP) is 4.39. The minimum absolute atomic E-state index is 0.0206. The molecule has 1 aliphatic rings. The standard InChI is InChI=1S/C24H21NO2Se/c1-17(18-11-5-2-6-12-18)23(26)25-21(19-13-7-3-8-14-19)22(27-24(25)28)20-15-9-4-10-16-20/h2-17,21-22H,1H3/t17-,21+,22-/m1/s1. The van der Waals surface area contributed by atoms with Gasteiger partial charge in [-0.1, -0.05) is 0 Å². The van der Waals surface area contributed by atoms with Crippen molar-refractivity contribution in [1.29, 1.82) is 0 Å². The molecule has 1 fully saturated rings. The Morgan fingerprint density at radius 3 is 1.93 bits per heavy atom. The Hall–Kier alpha value is -2.68.